The summed E-state index contributed by atoms with van der Waals surface area (Å²) in [5.74, 6) is -1.79. The van der Waals surface area contributed by atoms with Crippen LogP contribution in [0.15, 0.2) is 0 Å². The minimum atomic E-state index is -0.899. The van der Waals surface area contributed by atoms with Crippen molar-refractivity contribution >= 4 is 17.8 Å². The highest BCUT2D eigenvalue weighted by molar-refractivity contribution is 6.01. The maximum Gasteiger partial charge on any atom is 0.306 e. The van der Waals surface area contributed by atoms with Crippen LogP contribution in [0.2, 0.25) is 0 Å². The number of carbonyl (C=O) groups excluding carboxylic acids is 2. The fourth-order valence-electron chi connectivity index (χ4n) is 1.32. The highest BCUT2D eigenvalue weighted by Crippen LogP contribution is 2.13. The third-order valence-corrected chi connectivity index (χ3v) is 2.36. The third-order valence-electron chi connectivity index (χ3n) is 2.36. The summed E-state index contributed by atoms with van der Waals surface area (Å²) >= 11 is 0. The van der Waals surface area contributed by atoms with Crippen molar-refractivity contribution in [3.8, 4) is 0 Å². The molecule has 0 aromatic carbocycles. The van der Waals surface area contributed by atoms with Gasteiger partial charge in [-0.1, -0.05) is 6.92 Å². The van der Waals surface area contributed by atoms with Gasteiger partial charge in [0.25, 0.3) is 0 Å². The van der Waals surface area contributed by atoms with E-state index in [1.165, 1.54) is 0 Å². The first-order valence-electron chi connectivity index (χ1n) is 4.58. The highest BCUT2D eigenvalue weighted by Gasteiger charge is 2.29. The molecule has 5 nitrogen and oxygen atoms in total. The van der Waals surface area contributed by atoms with Crippen LogP contribution in [0.3, 0.4) is 0 Å². The fourth-order valence-corrected chi connectivity index (χ4v) is 1.32. The Hall–Kier alpha value is -1.39. The minimum Gasteiger partial charge on any atom is -0.481 e. The first-order chi connectivity index (χ1) is 6.52. The molecule has 1 heterocycles. The summed E-state index contributed by atoms with van der Waals surface area (Å²) in [4.78, 5) is 33.9. The zero-order chi connectivity index (χ0) is 10.7. The molecule has 1 N–H and O–H groups in total. The second-order valence-electron chi connectivity index (χ2n) is 3.47. The van der Waals surface area contributed by atoms with E-state index in [0.717, 1.165) is 4.90 Å². The van der Waals surface area contributed by atoms with Crippen molar-refractivity contribution in [1.82, 2.24) is 4.90 Å². The average Bonchev–Trinajstić information content (AvgIpc) is 2.43. The summed E-state index contributed by atoms with van der Waals surface area (Å²) < 4.78 is 0. The van der Waals surface area contributed by atoms with Crippen molar-refractivity contribution in [2.45, 2.75) is 26.2 Å². The second-order valence-corrected chi connectivity index (χ2v) is 3.47. The molecule has 0 spiro atoms. The maximum absolute atomic E-state index is 11.1. The van der Waals surface area contributed by atoms with Gasteiger partial charge in [0.05, 0.1) is 5.92 Å². The van der Waals surface area contributed by atoms with E-state index in [0.29, 0.717) is 6.42 Å². The molecule has 0 saturated carbocycles. The van der Waals surface area contributed by atoms with Crippen LogP contribution in [0.5, 0.6) is 0 Å². The molecule has 1 atom stereocenters. The number of carboxylic acids is 1. The van der Waals surface area contributed by atoms with Gasteiger partial charge in [-0.05, 0) is 6.42 Å². The van der Waals surface area contributed by atoms with Crippen LogP contribution in [-0.2, 0) is 14.4 Å². The lowest BCUT2D eigenvalue weighted by atomic mass is 10.1. The maximum atomic E-state index is 11.1. The third kappa shape index (κ3) is 2.31. The molecule has 1 aliphatic heterocycles. The molecular weight excluding hydrogens is 186 g/mol. The van der Waals surface area contributed by atoms with Crippen molar-refractivity contribution in [1.29, 1.82) is 0 Å². The predicted molar refractivity (Wildman–Crippen MR) is 47.4 cm³/mol. The van der Waals surface area contributed by atoms with Crippen molar-refractivity contribution in [3.63, 3.8) is 0 Å². The number of carbonyl (C=O) groups is 3. The Bertz CT molecular complexity index is 258. The molecule has 1 fully saturated rings. The molecule has 2 amide bonds. The summed E-state index contributed by atoms with van der Waals surface area (Å²) in [6.07, 6.45) is 0.855. The van der Waals surface area contributed by atoms with Crippen LogP contribution in [0.25, 0.3) is 0 Å². The molecule has 5 heteroatoms. The summed E-state index contributed by atoms with van der Waals surface area (Å²) in [6.45, 7) is 1.79. The molecule has 1 rings (SSSR count). The Morgan fingerprint density at radius 3 is 2.36 bits per heavy atom. The SMILES string of the molecule is CC(CCN1C(=O)CCC1=O)C(=O)O. The molecule has 14 heavy (non-hydrogen) atoms. The van der Waals surface area contributed by atoms with Crippen LogP contribution in [0.1, 0.15) is 26.2 Å². The molecule has 1 unspecified atom stereocenters. The lowest BCUT2D eigenvalue weighted by molar-refractivity contribution is -0.144. The Kier molecular flexibility index (Phi) is 3.22. The number of aliphatic carboxylic acids is 1. The Morgan fingerprint density at radius 2 is 1.93 bits per heavy atom. The summed E-state index contributed by atoms with van der Waals surface area (Å²) in [5, 5.41) is 8.60. The lowest BCUT2D eigenvalue weighted by Gasteiger charge is -2.14. The number of likely N-dealkylation sites (tertiary alicyclic amines) is 1. The first kappa shape index (κ1) is 10.7. The quantitative estimate of drug-likeness (QED) is 0.658. The van der Waals surface area contributed by atoms with E-state index < -0.39 is 11.9 Å². The van der Waals surface area contributed by atoms with E-state index in [9.17, 15) is 14.4 Å². The van der Waals surface area contributed by atoms with Crippen molar-refractivity contribution < 1.29 is 19.5 Å². The molecule has 0 aromatic heterocycles. The van der Waals surface area contributed by atoms with E-state index in [2.05, 4.69) is 0 Å². The molecule has 1 saturated heterocycles. The molecule has 0 aliphatic carbocycles. The number of imide groups is 1. The monoisotopic (exact) mass is 199 g/mol. The summed E-state index contributed by atoms with van der Waals surface area (Å²) in [5.41, 5.74) is 0. The van der Waals surface area contributed by atoms with Gasteiger partial charge in [-0.15, -0.1) is 0 Å². The van der Waals surface area contributed by atoms with Gasteiger partial charge in [-0.25, -0.2) is 0 Å². The van der Waals surface area contributed by atoms with Crippen molar-refractivity contribution in [3.05, 3.63) is 0 Å². The zero-order valence-corrected chi connectivity index (χ0v) is 8.02. The van der Waals surface area contributed by atoms with Gasteiger partial charge < -0.3 is 5.11 Å². The summed E-state index contributed by atoms with van der Waals surface area (Å²) in [7, 11) is 0. The van der Waals surface area contributed by atoms with Gasteiger partial charge in [0.15, 0.2) is 0 Å². The lowest BCUT2D eigenvalue weighted by Crippen LogP contribution is -2.31. The predicted octanol–water partition coefficient (Wildman–Crippen LogP) is 0.246. The van der Waals surface area contributed by atoms with E-state index in [4.69, 9.17) is 5.11 Å². The Labute approximate surface area is 81.7 Å². The van der Waals surface area contributed by atoms with E-state index in [1.54, 1.807) is 6.92 Å². The minimum absolute atomic E-state index is 0.187. The van der Waals surface area contributed by atoms with E-state index in [-0.39, 0.29) is 31.2 Å². The number of hydrogen-bond acceptors (Lipinski definition) is 3. The van der Waals surface area contributed by atoms with Crippen LogP contribution < -0.4 is 0 Å². The molecule has 0 radical (unpaired) electrons. The Balaban J connectivity index is 2.41. The standard InChI is InChI=1S/C9H13NO4/c1-6(9(13)14)4-5-10-7(11)2-3-8(10)12/h6H,2-5H2,1H3,(H,13,14). The number of nitrogens with zero attached hydrogens (tertiary/aromatic N) is 1. The zero-order valence-electron chi connectivity index (χ0n) is 8.02. The van der Waals surface area contributed by atoms with Crippen LogP contribution >= 0.6 is 0 Å². The van der Waals surface area contributed by atoms with Crippen molar-refractivity contribution in [2.24, 2.45) is 5.92 Å². The van der Waals surface area contributed by atoms with Gasteiger partial charge in [-0.2, -0.15) is 0 Å². The van der Waals surface area contributed by atoms with E-state index >= 15 is 0 Å². The van der Waals surface area contributed by atoms with Crippen LogP contribution in [-0.4, -0.2) is 34.3 Å². The smallest absolute Gasteiger partial charge is 0.306 e. The fraction of sp³-hybridized carbons (Fsp3) is 0.667. The highest BCUT2D eigenvalue weighted by atomic mass is 16.4. The normalized spacial score (nSPS) is 18.8. The molecule has 0 aromatic rings. The average molecular weight is 199 g/mol. The number of carboxylic acid groups (broad SMARTS) is 1. The Morgan fingerprint density at radius 1 is 1.43 bits per heavy atom. The van der Waals surface area contributed by atoms with Gasteiger partial charge in [0.2, 0.25) is 11.8 Å². The van der Waals surface area contributed by atoms with Gasteiger partial charge in [0.1, 0.15) is 0 Å². The topological polar surface area (TPSA) is 74.7 Å². The largest absolute Gasteiger partial charge is 0.481 e. The van der Waals surface area contributed by atoms with Gasteiger partial charge in [0, 0.05) is 19.4 Å². The van der Waals surface area contributed by atoms with Crippen molar-refractivity contribution in [2.75, 3.05) is 6.54 Å². The van der Waals surface area contributed by atoms with Crippen LogP contribution in [0.4, 0.5) is 0 Å². The first-order valence-corrected chi connectivity index (χ1v) is 4.58. The molecule has 78 valence electrons. The number of amides is 2. The van der Waals surface area contributed by atoms with Gasteiger partial charge >= 0.3 is 5.97 Å². The molecule has 0 bridgehead atoms. The summed E-state index contributed by atoms with van der Waals surface area (Å²) in [6, 6.07) is 0. The second kappa shape index (κ2) is 4.21. The van der Waals surface area contributed by atoms with Crippen LogP contribution in [0, 0.1) is 5.92 Å². The number of rotatable bonds is 4. The number of hydrogen-bond donors (Lipinski definition) is 1. The molecule has 1 aliphatic rings. The van der Waals surface area contributed by atoms with E-state index in [1.807, 2.05) is 0 Å². The molecular formula is C9H13NO4. The van der Waals surface area contributed by atoms with Gasteiger partial charge in [-0.3, -0.25) is 19.3 Å².